The Balaban J connectivity index is 2.05. The second-order valence-corrected chi connectivity index (χ2v) is 6.72. The standard InChI is InChI=1S/C22H19N2O/c1-13-7-20(24(4)12-15(13)3)17-10-19-18-9-16(11-23)5-6-21(18)25-22(19)8-14(17)2/h5-10,12H,1-4H3/q+1. The van der Waals surface area contributed by atoms with E-state index in [1.807, 2.05) is 12.1 Å². The molecule has 4 rings (SSSR count). The monoisotopic (exact) mass is 327 g/mol. The third-order valence-electron chi connectivity index (χ3n) is 4.96. The van der Waals surface area contributed by atoms with Gasteiger partial charge in [-0.1, -0.05) is 0 Å². The SMILES string of the molecule is Cc1cc(-c2cc3c(cc2C)oc2ccc(C#N)cc23)[n+](C)cc1C. The van der Waals surface area contributed by atoms with Gasteiger partial charge in [0, 0.05) is 28.0 Å². The summed E-state index contributed by atoms with van der Waals surface area (Å²) in [6.07, 6.45) is 2.16. The van der Waals surface area contributed by atoms with E-state index in [2.05, 4.69) is 62.9 Å². The molecule has 0 spiro atoms. The zero-order valence-electron chi connectivity index (χ0n) is 14.8. The van der Waals surface area contributed by atoms with Crippen molar-refractivity contribution in [3.63, 3.8) is 0 Å². The highest BCUT2D eigenvalue weighted by atomic mass is 16.3. The minimum Gasteiger partial charge on any atom is -0.456 e. The first-order valence-electron chi connectivity index (χ1n) is 8.32. The molecule has 0 aliphatic heterocycles. The van der Waals surface area contributed by atoms with Gasteiger partial charge in [-0.2, -0.15) is 5.26 Å². The fourth-order valence-electron chi connectivity index (χ4n) is 3.42. The first-order chi connectivity index (χ1) is 12.0. The molecular weight excluding hydrogens is 308 g/mol. The molecule has 3 heteroatoms. The molecule has 4 aromatic rings. The van der Waals surface area contributed by atoms with Crippen molar-refractivity contribution < 1.29 is 8.98 Å². The van der Waals surface area contributed by atoms with Gasteiger partial charge in [0.25, 0.3) is 0 Å². The zero-order chi connectivity index (χ0) is 17.7. The van der Waals surface area contributed by atoms with Gasteiger partial charge in [0.2, 0.25) is 5.69 Å². The van der Waals surface area contributed by atoms with Crippen molar-refractivity contribution in [1.82, 2.24) is 0 Å². The number of furan rings is 1. The Kier molecular flexibility index (Phi) is 3.36. The Labute approximate surface area is 146 Å². The number of nitrogens with zero attached hydrogens (tertiary/aromatic N) is 2. The van der Waals surface area contributed by atoms with Crippen molar-refractivity contribution >= 4 is 21.9 Å². The lowest BCUT2D eigenvalue weighted by Crippen LogP contribution is -2.31. The van der Waals surface area contributed by atoms with E-state index in [0.29, 0.717) is 5.56 Å². The van der Waals surface area contributed by atoms with E-state index < -0.39 is 0 Å². The van der Waals surface area contributed by atoms with E-state index in [1.54, 1.807) is 6.07 Å². The third-order valence-corrected chi connectivity index (χ3v) is 4.96. The molecule has 2 aromatic heterocycles. The Morgan fingerprint density at radius 2 is 1.64 bits per heavy atom. The van der Waals surface area contributed by atoms with Gasteiger partial charge in [-0.05, 0) is 62.2 Å². The van der Waals surface area contributed by atoms with Crippen LogP contribution in [0.25, 0.3) is 33.2 Å². The molecule has 0 unspecified atom stereocenters. The minimum absolute atomic E-state index is 0.647. The summed E-state index contributed by atoms with van der Waals surface area (Å²) >= 11 is 0. The smallest absolute Gasteiger partial charge is 0.212 e. The molecule has 0 saturated heterocycles. The summed E-state index contributed by atoms with van der Waals surface area (Å²) in [6.45, 7) is 6.37. The molecule has 122 valence electrons. The average Bonchev–Trinajstić information content (AvgIpc) is 2.93. The highest BCUT2D eigenvalue weighted by molar-refractivity contribution is 6.07. The van der Waals surface area contributed by atoms with E-state index in [-0.39, 0.29) is 0 Å². The predicted octanol–water partition coefficient (Wildman–Crippen LogP) is 4.87. The van der Waals surface area contributed by atoms with Crippen LogP contribution in [0.5, 0.6) is 0 Å². The Morgan fingerprint density at radius 3 is 2.40 bits per heavy atom. The lowest BCUT2D eigenvalue weighted by molar-refractivity contribution is -0.660. The number of aromatic nitrogens is 1. The quantitative estimate of drug-likeness (QED) is 0.468. The molecule has 0 N–H and O–H groups in total. The number of rotatable bonds is 1. The van der Waals surface area contributed by atoms with E-state index in [1.165, 1.54) is 27.9 Å². The molecule has 3 nitrogen and oxygen atoms in total. The molecule has 0 bridgehead atoms. The molecule has 0 aliphatic carbocycles. The third kappa shape index (κ3) is 2.38. The molecule has 0 aliphatic rings. The van der Waals surface area contributed by atoms with Crippen LogP contribution >= 0.6 is 0 Å². The molecule has 0 atom stereocenters. The highest BCUT2D eigenvalue weighted by Gasteiger charge is 2.17. The van der Waals surface area contributed by atoms with Crippen molar-refractivity contribution in [3.8, 4) is 17.3 Å². The van der Waals surface area contributed by atoms with Gasteiger partial charge in [-0.15, -0.1) is 0 Å². The average molecular weight is 327 g/mol. The molecule has 0 fully saturated rings. The van der Waals surface area contributed by atoms with Crippen LogP contribution < -0.4 is 4.57 Å². The van der Waals surface area contributed by atoms with Gasteiger partial charge in [0.15, 0.2) is 6.20 Å². The van der Waals surface area contributed by atoms with Gasteiger partial charge in [0.05, 0.1) is 11.6 Å². The normalized spacial score (nSPS) is 11.2. The lowest BCUT2D eigenvalue weighted by atomic mass is 9.99. The molecule has 0 amide bonds. The van der Waals surface area contributed by atoms with Crippen LogP contribution in [0.4, 0.5) is 0 Å². The van der Waals surface area contributed by atoms with Crippen LogP contribution in [0.2, 0.25) is 0 Å². The first-order valence-corrected chi connectivity index (χ1v) is 8.32. The number of benzene rings is 2. The molecule has 2 aromatic carbocycles. The van der Waals surface area contributed by atoms with Crippen LogP contribution in [0.15, 0.2) is 47.0 Å². The molecule has 0 saturated carbocycles. The van der Waals surface area contributed by atoms with Crippen molar-refractivity contribution in [2.75, 3.05) is 0 Å². The number of nitriles is 1. The summed E-state index contributed by atoms with van der Waals surface area (Å²) in [5.41, 5.74) is 8.40. The van der Waals surface area contributed by atoms with E-state index in [4.69, 9.17) is 4.42 Å². The second kappa shape index (κ2) is 5.46. The fourth-order valence-corrected chi connectivity index (χ4v) is 3.42. The maximum absolute atomic E-state index is 9.19. The second-order valence-electron chi connectivity index (χ2n) is 6.72. The van der Waals surface area contributed by atoms with Gasteiger partial charge in [-0.3, -0.25) is 0 Å². The van der Waals surface area contributed by atoms with Crippen LogP contribution in [0, 0.1) is 32.1 Å². The minimum atomic E-state index is 0.647. The molecule has 25 heavy (non-hydrogen) atoms. The van der Waals surface area contributed by atoms with Crippen molar-refractivity contribution in [2.45, 2.75) is 20.8 Å². The van der Waals surface area contributed by atoms with Crippen LogP contribution in [0.1, 0.15) is 22.3 Å². The van der Waals surface area contributed by atoms with E-state index in [9.17, 15) is 5.26 Å². The van der Waals surface area contributed by atoms with Crippen molar-refractivity contribution in [2.24, 2.45) is 7.05 Å². The van der Waals surface area contributed by atoms with Crippen LogP contribution in [-0.2, 0) is 7.05 Å². The predicted molar refractivity (Wildman–Crippen MR) is 99.3 cm³/mol. The van der Waals surface area contributed by atoms with Gasteiger partial charge >= 0.3 is 0 Å². The summed E-state index contributed by atoms with van der Waals surface area (Å²) in [5.74, 6) is 0. The van der Waals surface area contributed by atoms with Crippen LogP contribution in [-0.4, -0.2) is 0 Å². The first kappa shape index (κ1) is 15.4. The summed E-state index contributed by atoms with van der Waals surface area (Å²) in [7, 11) is 2.08. The van der Waals surface area contributed by atoms with Gasteiger partial charge in [-0.25, -0.2) is 4.57 Å². The maximum atomic E-state index is 9.19. The Morgan fingerprint density at radius 1 is 0.880 bits per heavy atom. The van der Waals surface area contributed by atoms with Crippen molar-refractivity contribution in [1.29, 1.82) is 5.26 Å². The van der Waals surface area contributed by atoms with Crippen molar-refractivity contribution in [3.05, 3.63) is 64.8 Å². The maximum Gasteiger partial charge on any atom is 0.212 e. The number of aryl methyl sites for hydroxylation is 4. The molecular formula is C22H19N2O+. The molecule has 2 heterocycles. The zero-order valence-corrected chi connectivity index (χ0v) is 14.8. The number of hydrogen-bond donors (Lipinski definition) is 0. The Bertz CT molecular complexity index is 1190. The summed E-state index contributed by atoms with van der Waals surface area (Å²) in [6, 6.07) is 14.3. The number of pyridine rings is 1. The lowest BCUT2D eigenvalue weighted by Gasteiger charge is -2.07. The summed E-state index contributed by atoms with van der Waals surface area (Å²) in [4.78, 5) is 0. The number of fused-ring (bicyclic) bond motifs is 3. The highest BCUT2D eigenvalue weighted by Crippen LogP contribution is 2.34. The molecule has 0 radical (unpaired) electrons. The number of hydrogen-bond acceptors (Lipinski definition) is 2. The van der Waals surface area contributed by atoms with Crippen LogP contribution in [0.3, 0.4) is 0 Å². The van der Waals surface area contributed by atoms with E-state index in [0.717, 1.165) is 21.9 Å². The van der Waals surface area contributed by atoms with E-state index >= 15 is 0 Å². The topological polar surface area (TPSA) is 40.8 Å². The summed E-state index contributed by atoms with van der Waals surface area (Å²) in [5, 5.41) is 11.2. The van der Waals surface area contributed by atoms with Gasteiger partial charge < -0.3 is 4.42 Å². The summed E-state index contributed by atoms with van der Waals surface area (Å²) < 4.78 is 8.15. The largest absolute Gasteiger partial charge is 0.456 e. The fraction of sp³-hybridized carbons (Fsp3) is 0.182. The van der Waals surface area contributed by atoms with Gasteiger partial charge in [0.1, 0.15) is 18.2 Å². The Hall–Kier alpha value is -3.12.